The Morgan fingerprint density at radius 1 is 1.42 bits per heavy atom. The highest BCUT2D eigenvalue weighted by Crippen LogP contribution is 2.37. The zero-order valence-electron chi connectivity index (χ0n) is 17.0. The molecule has 9 heteroatoms. The molecule has 5 N–H and O–H groups in total. The molecule has 0 saturated carbocycles. The van der Waals surface area contributed by atoms with Crippen LogP contribution in [0.15, 0.2) is 36.0 Å². The van der Waals surface area contributed by atoms with Crippen LogP contribution in [0.4, 0.5) is 10.2 Å². The molecule has 0 fully saturated rings. The molecule has 1 aliphatic heterocycles. The fourth-order valence-corrected chi connectivity index (χ4v) is 3.80. The number of nitriles is 1. The van der Waals surface area contributed by atoms with Gasteiger partial charge in [0.1, 0.15) is 23.7 Å². The lowest BCUT2D eigenvalue weighted by atomic mass is 9.93. The second-order valence-electron chi connectivity index (χ2n) is 7.10. The van der Waals surface area contributed by atoms with Gasteiger partial charge in [0, 0.05) is 53.8 Å². The third-order valence-electron chi connectivity index (χ3n) is 5.25. The molecule has 31 heavy (non-hydrogen) atoms. The zero-order valence-corrected chi connectivity index (χ0v) is 17.0. The number of nitrogens with two attached hydrogens (primary N) is 1. The highest BCUT2D eigenvalue weighted by Gasteiger charge is 2.24. The van der Waals surface area contributed by atoms with Gasteiger partial charge in [0.25, 0.3) is 0 Å². The van der Waals surface area contributed by atoms with Crippen molar-refractivity contribution in [3.63, 3.8) is 0 Å². The summed E-state index contributed by atoms with van der Waals surface area (Å²) < 4.78 is 20.2. The SMILES string of the molecule is CN/C1=C(\C=N)Cc2n[nH]c(C#N)c2-c2cnc(N)c(c2)OC(C)c2cc(F)ccc21. The molecule has 156 valence electrons. The summed E-state index contributed by atoms with van der Waals surface area (Å²) in [5.74, 6) is 0.0964. The number of hydrogen-bond acceptors (Lipinski definition) is 7. The molecule has 1 aromatic carbocycles. The van der Waals surface area contributed by atoms with E-state index in [0.717, 1.165) is 0 Å². The van der Waals surface area contributed by atoms with E-state index in [2.05, 4.69) is 26.6 Å². The number of benzene rings is 1. The van der Waals surface area contributed by atoms with Gasteiger partial charge in [0.05, 0.1) is 5.69 Å². The second kappa shape index (κ2) is 7.91. The summed E-state index contributed by atoms with van der Waals surface area (Å²) in [7, 11) is 1.74. The third kappa shape index (κ3) is 3.48. The van der Waals surface area contributed by atoms with E-state index in [1.165, 1.54) is 18.3 Å². The van der Waals surface area contributed by atoms with Crippen molar-refractivity contribution in [3.8, 4) is 22.9 Å². The summed E-state index contributed by atoms with van der Waals surface area (Å²) in [6.07, 6.45) is 2.47. The molecule has 3 aromatic rings. The Bertz CT molecular complexity index is 1260. The summed E-state index contributed by atoms with van der Waals surface area (Å²) in [4.78, 5) is 4.22. The van der Waals surface area contributed by atoms with Crippen LogP contribution in [0.3, 0.4) is 0 Å². The van der Waals surface area contributed by atoms with E-state index in [-0.39, 0.29) is 17.9 Å². The number of fused-ring (bicyclic) bond motifs is 5. The molecule has 2 bridgehead atoms. The van der Waals surface area contributed by atoms with Crippen LogP contribution in [0.2, 0.25) is 0 Å². The summed E-state index contributed by atoms with van der Waals surface area (Å²) in [5.41, 5.74) is 10.6. The lowest BCUT2D eigenvalue weighted by molar-refractivity contribution is 0.227. The number of nitrogens with zero attached hydrogens (tertiary/aromatic N) is 3. The molecular formula is C22H20FN7O. The fourth-order valence-electron chi connectivity index (χ4n) is 3.80. The first-order valence-corrected chi connectivity index (χ1v) is 9.57. The minimum absolute atomic E-state index is 0.179. The van der Waals surface area contributed by atoms with Crippen LogP contribution >= 0.6 is 0 Å². The summed E-state index contributed by atoms with van der Waals surface area (Å²) in [6, 6.07) is 8.23. The molecule has 3 heterocycles. The molecule has 8 nitrogen and oxygen atoms in total. The van der Waals surface area contributed by atoms with Crippen LogP contribution < -0.4 is 15.8 Å². The van der Waals surface area contributed by atoms with Crippen molar-refractivity contribution >= 4 is 17.7 Å². The van der Waals surface area contributed by atoms with Gasteiger partial charge in [0.2, 0.25) is 0 Å². The third-order valence-corrected chi connectivity index (χ3v) is 5.25. The van der Waals surface area contributed by atoms with Crippen molar-refractivity contribution in [2.75, 3.05) is 12.8 Å². The number of hydrogen-bond donors (Lipinski definition) is 4. The topological polar surface area (TPSA) is 136 Å². The van der Waals surface area contributed by atoms with Crippen molar-refractivity contribution in [3.05, 3.63) is 64.4 Å². The lowest BCUT2D eigenvalue weighted by Gasteiger charge is -2.23. The molecular weight excluding hydrogens is 397 g/mol. The number of nitrogens with one attached hydrogen (secondary N) is 3. The number of halogens is 1. The standard InChI is InChI=1S/C22H20FN7O/c1-11-16-7-14(23)3-4-15(16)21(27-2)12(8-24)5-17-20(18(9-25)30-29-17)13-6-19(31-11)22(26)28-10-13/h3-4,6-8,10-11,24,27H,5H2,1-2H3,(H2,26,28)(H,29,30)/b21-12-,24-8?. The predicted molar refractivity (Wildman–Crippen MR) is 115 cm³/mol. The van der Waals surface area contributed by atoms with Crippen LogP contribution in [0.5, 0.6) is 5.75 Å². The van der Waals surface area contributed by atoms with Gasteiger partial charge >= 0.3 is 0 Å². The number of rotatable bonds is 2. The number of aromatic nitrogens is 3. The molecule has 0 saturated heterocycles. The minimum atomic E-state index is -0.570. The van der Waals surface area contributed by atoms with Crippen LogP contribution in [0, 0.1) is 22.6 Å². The molecule has 1 atom stereocenters. The summed E-state index contributed by atoms with van der Waals surface area (Å²) in [5, 5.41) is 27.8. The zero-order chi connectivity index (χ0) is 22.1. The molecule has 1 unspecified atom stereocenters. The second-order valence-corrected chi connectivity index (χ2v) is 7.10. The predicted octanol–water partition coefficient (Wildman–Crippen LogP) is 3.34. The molecule has 0 radical (unpaired) electrons. The van der Waals surface area contributed by atoms with E-state index in [1.807, 2.05) is 0 Å². The number of aromatic amines is 1. The summed E-state index contributed by atoms with van der Waals surface area (Å²) in [6.45, 7) is 1.79. The first kappa shape index (κ1) is 20.1. The lowest BCUT2D eigenvalue weighted by Crippen LogP contribution is -2.16. The Kier molecular flexibility index (Phi) is 5.13. The monoisotopic (exact) mass is 417 g/mol. The van der Waals surface area contributed by atoms with Gasteiger partial charge in [-0.1, -0.05) is 0 Å². The van der Waals surface area contributed by atoms with Crippen LogP contribution in [-0.4, -0.2) is 28.4 Å². The van der Waals surface area contributed by atoms with Crippen LogP contribution in [0.25, 0.3) is 16.8 Å². The quantitative estimate of drug-likeness (QED) is 0.472. The average molecular weight is 417 g/mol. The van der Waals surface area contributed by atoms with Crippen LogP contribution in [0.1, 0.15) is 35.5 Å². The van der Waals surface area contributed by atoms with Crippen molar-refractivity contribution in [1.82, 2.24) is 20.5 Å². The maximum absolute atomic E-state index is 14.2. The Morgan fingerprint density at radius 3 is 2.94 bits per heavy atom. The number of nitrogen functional groups attached to an aromatic ring is 1. The van der Waals surface area contributed by atoms with Crippen molar-refractivity contribution in [2.45, 2.75) is 19.4 Å². The normalized spacial score (nSPS) is 17.8. The summed E-state index contributed by atoms with van der Waals surface area (Å²) >= 11 is 0. The first-order valence-electron chi connectivity index (χ1n) is 9.57. The van der Waals surface area contributed by atoms with Gasteiger partial charge in [-0.2, -0.15) is 10.4 Å². The van der Waals surface area contributed by atoms with Gasteiger partial charge in [-0.25, -0.2) is 9.37 Å². The highest BCUT2D eigenvalue weighted by molar-refractivity contribution is 5.91. The van der Waals surface area contributed by atoms with Gasteiger partial charge in [0.15, 0.2) is 11.6 Å². The van der Waals surface area contributed by atoms with Gasteiger partial charge in [-0.3, -0.25) is 5.10 Å². The molecule has 0 spiro atoms. The van der Waals surface area contributed by atoms with E-state index in [9.17, 15) is 9.65 Å². The number of ether oxygens (including phenoxy) is 1. The molecule has 2 aromatic heterocycles. The fraction of sp³-hybridized carbons (Fsp3) is 0.182. The van der Waals surface area contributed by atoms with Gasteiger partial charge in [-0.05, 0) is 36.8 Å². The van der Waals surface area contributed by atoms with Crippen molar-refractivity contribution in [1.29, 1.82) is 10.7 Å². The van der Waals surface area contributed by atoms with E-state index in [4.69, 9.17) is 15.9 Å². The van der Waals surface area contributed by atoms with Gasteiger partial charge in [-0.15, -0.1) is 0 Å². The maximum Gasteiger partial charge on any atom is 0.166 e. The number of allylic oxidation sites excluding steroid dienone is 1. The first-order chi connectivity index (χ1) is 15.0. The van der Waals surface area contributed by atoms with Gasteiger partial charge < -0.3 is 21.2 Å². The Labute approximate surface area is 178 Å². The van der Waals surface area contributed by atoms with Crippen molar-refractivity contribution < 1.29 is 9.13 Å². The van der Waals surface area contributed by atoms with E-state index < -0.39 is 11.9 Å². The minimum Gasteiger partial charge on any atom is -0.482 e. The molecule has 0 aliphatic carbocycles. The highest BCUT2D eigenvalue weighted by atomic mass is 19.1. The molecule has 1 aliphatic rings. The van der Waals surface area contributed by atoms with Crippen LogP contribution in [-0.2, 0) is 6.42 Å². The van der Waals surface area contributed by atoms with E-state index in [1.54, 1.807) is 32.3 Å². The molecule has 4 rings (SSSR count). The number of pyridine rings is 1. The van der Waals surface area contributed by atoms with Crippen molar-refractivity contribution in [2.24, 2.45) is 0 Å². The Hall–Kier alpha value is -4.19. The Balaban J connectivity index is 2.06. The molecule has 0 amide bonds. The van der Waals surface area contributed by atoms with E-state index in [0.29, 0.717) is 45.0 Å². The largest absolute Gasteiger partial charge is 0.482 e. The maximum atomic E-state index is 14.2. The Morgan fingerprint density at radius 2 is 2.23 bits per heavy atom. The average Bonchev–Trinajstić information content (AvgIpc) is 3.17. The smallest absolute Gasteiger partial charge is 0.166 e. The number of anilines is 1. The number of H-pyrrole nitrogens is 1. The van der Waals surface area contributed by atoms with E-state index >= 15 is 0 Å².